The van der Waals surface area contributed by atoms with Crippen LogP contribution in [0.4, 0.5) is 0 Å². The molecule has 0 bridgehead atoms. The zero-order valence-electron chi connectivity index (χ0n) is 9.07. The van der Waals surface area contributed by atoms with Crippen LogP contribution in [0, 0.1) is 13.8 Å². The van der Waals surface area contributed by atoms with Crippen LogP contribution in [-0.4, -0.2) is 10.1 Å². The molecule has 0 radical (unpaired) electrons. The van der Waals surface area contributed by atoms with E-state index in [0.29, 0.717) is 0 Å². The van der Waals surface area contributed by atoms with Gasteiger partial charge < -0.3 is 5.11 Å². The smallest absolute Gasteiger partial charge is 0.131 e. The van der Waals surface area contributed by atoms with Gasteiger partial charge in [-0.15, -0.1) is 11.3 Å². The number of rotatable bonds is 2. The Bertz CT molecular complexity index is 489. The summed E-state index contributed by atoms with van der Waals surface area (Å²) in [6.07, 6.45) is -0.630. The average Bonchev–Trinajstić information content (AvgIpc) is 2.62. The summed E-state index contributed by atoms with van der Waals surface area (Å²) in [4.78, 5) is 4.23. The quantitative estimate of drug-likeness (QED) is 0.919. The fraction of sp³-hybridized carbons (Fsp3) is 0.250. The van der Waals surface area contributed by atoms with Gasteiger partial charge in [0, 0.05) is 5.38 Å². The molecule has 84 valence electrons. The molecule has 0 amide bonds. The molecule has 0 fully saturated rings. The second-order valence-electron chi connectivity index (χ2n) is 3.83. The number of aliphatic hydroxyl groups is 1. The lowest BCUT2D eigenvalue weighted by molar-refractivity contribution is 0.219. The van der Waals surface area contributed by atoms with E-state index < -0.39 is 6.10 Å². The number of halogens is 1. The average molecular weight is 298 g/mol. The maximum Gasteiger partial charge on any atom is 0.131 e. The van der Waals surface area contributed by atoms with E-state index in [-0.39, 0.29) is 0 Å². The fourth-order valence-corrected chi connectivity index (χ4v) is 2.98. The third-order valence-corrected chi connectivity index (χ3v) is 3.89. The highest BCUT2D eigenvalue weighted by molar-refractivity contribution is 9.10. The van der Waals surface area contributed by atoms with Crippen LogP contribution in [0.25, 0.3) is 0 Å². The molecule has 1 aromatic carbocycles. The highest BCUT2D eigenvalue weighted by Gasteiger charge is 2.14. The number of hydrogen-bond donors (Lipinski definition) is 1. The summed E-state index contributed by atoms with van der Waals surface area (Å²) in [5, 5.41) is 12.8. The molecule has 2 rings (SSSR count). The Morgan fingerprint density at radius 1 is 1.25 bits per heavy atom. The number of hydrogen-bond acceptors (Lipinski definition) is 3. The molecule has 0 spiro atoms. The number of aromatic nitrogens is 1. The Labute approximate surface area is 107 Å². The van der Waals surface area contributed by atoms with Gasteiger partial charge in [-0.05, 0) is 35.3 Å². The molecule has 1 atom stereocenters. The van der Waals surface area contributed by atoms with Crippen LogP contribution in [0.3, 0.4) is 0 Å². The lowest BCUT2D eigenvalue weighted by Crippen LogP contribution is -2.00. The molecule has 1 unspecified atom stereocenters. The molecule has 0 aliphatic carbocycles. The van der Waals surface area contributed by atoms with Gasteiger partial charge in [0.15, 0.2) is 0 Å². The van der Waals surface area contributed by atoms with Crippen LogP contribution in [0.1, 0.15) is 27.8 Å². The highest BCUT2D eigenvalue weighted by Crippen LogP contribution is 2.27. The van der Waals surface area contributed by atoms with Gasteiger partial charge in [-0.25, -0.2) is 4.98 Å². The van der Waals surface area contributed by atoms with Crippen molar-refractivity contribution in [3.63, 3.8) is 0 Å². The summed E-state index contributed by atoms with van der Waals surface area (Å²) < 4.78 is 0.774. The van der Waals surface area contributed by atoms with E-state index in [2.05, 4.69) is 27.0 Å². The van der Waals surface area contributed by atoms with Crippen LogP contribution < -0.4 is 0 Å². The van der Waals surface area contributed by atoms with Gasteiger partial charge in [0.05, 0.1) is 0 Å². The molecule has 16 heavy (non-hydrogen) atoms. The maximum atomic E-state index is 10.2. The SMILES string of the molecule is Cc1cc(C)cc(C(O)c2nc(Br)cs2)c1. The van der Waals surface area contributed by atoms with Crippen molar-refractivity contribution < 1.29 is 5.11 Å². The van der Waals surface area contributed by atoms with Gasteiger partial charge in [0.1, 0.15) is 15.7 Å². The third kappa shape index (κ3) is 2.51. The van der Waals surface area contributed by atoms with Crippen LogP contribution in [0.5, 0.6) is 0 Å². The van der Waals surface area contributed by atoms with Crippen molar-refractivity contribution >= 4 is 27.3 Å². The van der Waals surface area contributed by atoms with Crippen LogP contribution >= 0.6 is 27.3 Å². The molecule has 2 aromatic rings. The number of nitrogens with zero attached hydrogens (tertiary/aromatic N) is 1. The van der Waals surface area contributed by atoms with Crippen molar-refractivity contribution in [1.29, 1.82) is 0 Å². The Morgan fingerprint density at radius 3 is 2.38 bits per heavy atom. The first-order valence-corrected chi connectivity index (χ1v) is 6.60. The molecule has 1 N–H and O–H groups in total. The monoisotopic (exact) mass is 297 g/mol. The second kappa shape index (κ2) is 4.65. The first-order valence-electron chi connectivity index (χ1n) is 4.93. The highest BCUT2D eigenvalue weighted by atomic mass is 79.9. The van der Waals surface area contributed by atoms with Crippen molar-refractivity contribution in [3.05, 3.63) is 49.9 Å². The van der Waals surface area contributed by atoms with Crippen molar-refractivity contribution in [1.82, 2.24) is 4.98 Å². The van der Waals surface area contributed by atoms with E-state index in [0.717, 1.165) is 26.3 Å². The molecule has 0 saturated heterocycles. The minimum atomic E-state index is -0.630. The summed E-state index contributed by atoms with van der Waals surface area (Å²) in [6.45, 7) is 4.06. The Kier molecular flexibility index (Phi) is 3.42. The third-order valence-electron chi connectivity index (χ3n) is 2.29. The summed E-state index contributed by atoms with van der Waals surface area (Å²) in [5.41, 5.74) is 3.22. The second-order valence-corrected chi connectivity index (χ2v) is 5.53. The van der Waals surface area contributed by atoms with E-state index in [1.807, 2.05) is 31.4 Å². The standard InChI is InChI=1S/C12H12BrNOS/c1-7-3-8(2)5-9(4-7)11(15)12-14-10(13)6-16-12/h3-6,11,15H,1-2H3. The lowest BCUT2D eigenvalue weighted by Gasteiger charge is -2.09. The Morgan fingerprint density at radius 2 is 1.88 bits per heavy atom. The number of thiazole rings is 1. The minimum Gasteiger partial charge on any atom is -0.381 e. The summed E-state index contributed by atoms with van der Waals surface area (Å²) in [7, 11) is 0. The maximum absolute atomic E-state index is 10.2. The van der Waals surface area contributed by atoms with Gasteiger partial charge in [-0.1, -0.05) is 29.3 Å². The first kappa shape index (κ1) is 11.8. The lowest BCUT2D eigenvalue weighted by atomic mass is 10.0. The predicted octanol–water partition coefficient (Wildman–Crippen LogP) is 3.60. The van der Waals surface area contributed by atoms with Crippen molar-refractivity contribution in [2.45, 2.75) is 20.0 Å². The van der Waals surface area contributed by atoms with Crippen LogP contribution in [0.2, 0.25) is 0 Å². The van der Waals surface area contributed by atoms with Crippen LogP contribution in [0.15, 0.2) is 28.2 Å². The molecule has 2 nitrogen and oxygen atoms in total. The van der Waals surface area contributed by atoms with E-state index >= 15 is 0 Å². The van der Waals surface area contributed by atoms with Gasteiger partial charge in [-0.2, -0.15) is 0 Å². The molecular weight excluding hydrogens is 286 g/mol. The van der Waals surface area contributed by atoms with Gasteiger partial charge in [0.25, 0.3) is 0 Å². The van der Waals surface area contributed by atoms with Gasteiger partial charge in [-0.3, -0.25) is 0 Å². The Hall–Kier alpha value is -0.710. The zero-order valence-corrected chi connectivity index (χ0v) is 11.5. The van der Waals surface area contributed by atoms with E-state index in [4.69, 9.17) is 0 Å². The normalized spacial score (nSPS) is 12.8. The topological polar surface area (TPSA) is 33.1 Å². The van der Waals surface area contributed by atoms with E-state index in [9.17, 15) is 5.11 Å². The van der Waals surface area contributed by atoms with Crippen LogP contribution in [-0.2, 0) is 0 Å². The van der Waals surface area contributed by atoms with E-state index in [1.54, 1.807) is 0 Å². The summed E-state index contributed by atoms with van der Waals surface area (Å²) in [6, 6.07) is 6.08. The zero-order chi connectivity index (χ0) is 11.7. The molecule has 1 heterocycles. The molecule has 1 aromatic heterocycles. The number of aliphatic hydroxyl groups excluding tert-OH is 1. The van der Waals surface area contributed by atoms with Crippen molar-refractivity contribution in [3.8, 4) is 0 Å². The van der Waals surface area contributed by atoms with Crippen molar-refractivity contribution in [2.24, 2.45) is 0 Å². The fourth-order valence-electron chi connectivity index (χ4n) is 1.70. The predicted molar refractivity (Wildman–Crippen MR) is 69.8 cm³/mol. The van der Waals surface area contributed by atoms with E-state index in [1.165, 1.54) is 11.3 Å². The minimum absolute atomic E-state index is 0.630. The molecular formula is C12H12BrNOS. The molecule has 0 aliphatic heterocycles. The van der Waals surface area contributed by atoms with Gasteiger partial charge >= 0.3 is 0 Å². The summed E-state index contributed by atoms with van der Waals surface area (Å²) in [5.74, 6) is 0. The van der Waals surface area contributed by atoms with Gasteiger partial charge in [0.2, 0.25) is 0 Å². The molecule has 0 saturated carbocycles. The molecule has 4 heteroatoms. The number of benzene rings is 1. The van der Waals surface area contributed by atoms with Crippen molar-refractivity contribution in [2.75, 3.05) is 0 Å². The summed E-state index contributed by atoms with van der Waals surface area (Å²) >= 11 is 4.75. The largest absolute Gasteiger partial charge is 0.381 e. The number of aryl methyl sites for hydroxylation is 2. The molecule has 0 aliphatic rings. The Balaban J connectivity index is 2.37. The first-order chi connectivity index (χ1) is 7.56.